The summed E-state index contributed by atoms with van der Waals surface area (Å²) in [5.41, 5.74) is 1.76. The van der Waals surface area contributed by atoms with Crippen LogP contribution in [0, 0.1) is 0 Å². The van der Waals surface area contributed by atoms with Gasteiger partial charge in [-0.15, -0.1) is 5.10 Å². The van der Waals surface area contributed by atoms with Crippen molar-refractivity contribution in [1.82, 2.24) is 5.32 Å². The number of carbonyl (C=O) groups is 1. The van der Waals surface area contributed by atoms with Crippen LogP contribution >= 0.6 is 23.5 Å². The minimum Gasteiger partial charge on any atom is -0.497 e. The lowest BCUT2D eigenvalue weighted by molar-refractivity contribution is -0.118. The van der Waals surface area contributed by atoms with Crippen LogP contribution in [-0.4, -0.2) is 35.4 Å². The molecule has 2 aromatic rings. The summed E-state index contributed by atoms with van der Waals surface area (Å²) < 4.78 is 29.8. The molecule has 5 nitrogen and oxygen atoms in total. The molecule has 1 heterocycles. The largest absolute Gasteiger partial charge is 0.497 e. The summed E-state index contributed by atoms with van der Waals surface area (Å²) >= 11 is 1.80. The minimum absolute atomic E-state index is 0.144. The molecule has 28 heavy (non-hydrogen) atoms. The Morgan fingerprint density at radius 2 is 1.93 bits per heavy atom. The molecule has 1 atom stereocenters. The van der Waals surface area contributed by atoms with E-state index >= 15 is 0 Å². The fraction of sp³-hybridized carbons (Fsp3) is 0.211. The molecule has 0 spiro atoms. The molecule has 1 aliphatic heterocycles. The molecule has 1 amide bonds. The zero-order valence-corrected chi connectivity index (χ0v) is 16.5. The number of amides is 1. The molecule has 1 N–H and O–H groups in total. The van der Waals surface area contributed by atoms with Gasteiger partial charge in [-0.3, -0.25) is 4.79 Å². The number of nitrogens with one attached hydrogen (secondary N) is 1. The molecule has 0 aliphatic carbocycles. The van der Waals surface area contributed by atoms with Gasteiger partial charge in [0.25, 0.3) is 5.76 Å². The first-order valence-corrected chi connectivity index (χ1v) is 10.1. The van der Waals surface area contributed by atoms with Gasteiger partial charge in [0.1, 0.15) is 5.75 Å². The molecule has 1 aliphatic rings. The highest BCUT2D eigenvalue weighted by Gasteiger charge is 2.30. The fourth-order valence-corrected chi connectivity index (χ4v) is 3.91. The summed E-state index contributed by atoms with van der Waals surface area (Å²) in [5.74, 6) is -1.83. The van der Waals surface area contributed by atoms with E-state index in [4.69, 9.17) is 4.74 Å². The third-order valence-corrected chi connectivity index (χ3v) is 5.61. The topological polar surface area (TPSA) is 63.1 Å². The Labute approximate surface area is 169 Å². The predicted octanol–water partition coefficient (Wildman–Crippen LogP) is 4.17. The molecule has 9 heteroatoms. The Morgan fingerprint density at radius 3 is 2.57 bits per heavy atom. The monoisotopic (exact) mass is 421 g/mol. The molecule has 0 radical (unpaired) electrons. The zero-order chi connectivity index (χ0) is 19.9. The van der Waals surface area contributed by atoms with Crippen molar-refractivity contribution < 1.29 is 18.3 Å². The molecule has 1 saturated heterocycles. The van der Waals surface area contributed by atoms with E-state index in [1.54, 1.807) is 37.6 Å². The van der Waals surface area contributed by atoms with Crippen LogP contribution in [0.2, 0.25) is 0 Å². The number of thioether (sulfide) groups is 2. The second kappa shape index (κ2) is 9.70. The average molecular weight is 421 g/mol. The SMILES string of the molecule is COc1ccc(/C=N\N=C2\NC(=O)[C@@H](Cc3ccc(SC(F)F)cc3)S2)cc1. The maximum Gasteiger partial charge on any atom is 0.288 e. The van der Waals surface area contributed by atoms with Crippen LogP contribution < -0.4 is 10.1 Å². The van der Waals surface area contributed by atoms with Crippen LogP contribution in [0.3, 0.4) is 0 Å². The smallest absolute Gasteiger partial charge is 0.288 e. The summed E-state index contributed by atoms with van der Waals surface area (Å²) in [6.07, 6.45) is 2.07. The van der Waals surface area contributed by atoms with E-state index in [0.29, 0.717) is 28.2 Å². The quantitative estimate of drug-likeness (QED) is 0.414. The number of nitrogens with zero attached hydrogens (tertiary/aromatic N) is 2. The van der Waals surface area contributed by atoms with Crippen LogP contribution in [0.5, 0.6) is 5.75 Å². The zero-order valence-electron chi connectivity index (χ0n) is 14.8. The summed E-state index contributed by atoms with van der Waals surface area (Å²) in [7, 11) is 1.60. The number of benzene rings is 2. The highest BCUT2D eigenvalue weighted by Crippen LogP contribution is 2.27. The maximum atomic E-state index is 12.4. The molecule has 3 rings (SSSR count). The highest BCUT2D eigenvalue weighted by molar-refractivity contribution is 8.15. The second-order valence-electron chi connectivity index (χ2n) is 5.75. The predicted molar refractivity (Wildman–Crippen MR) is 110 cm³/mol. The Hall–Kier alpha value is -2.39. The fourth-order valence-electron chi connectivity index (χ4n) is 2.45. The Bertz CT molecular complexity index is 872. The van der Waals surface area contributed by atoms with E-state index in [-0.39, 0.29) is 11.2 Å². The van der Waals surface area contributed by atoms with E-state index in [9.17, 15) is 13.6 Å². The van der Waals surface area contributed by atoms with Gasteiger partial charge in [0.2, 0.25) is 5.91 Å². The van der Waals surface area contributed by atoms with Crippen molar-refractivity contribution in [3.8, 4) is 5.75 Å². The molecule has 0 bridgehead atoms. The van der Waals surface area contributed by atoms with Crippen molar-refractivity contribution >= 4 is 40.8 Å². The molecule has 2 aromatic carbocycles. The van der Waals surface area contributed by atoms with Gasteiger partial charge in [-0.2, -0.15) is 13.9 Å². The lowest BCUT2D eigenvalue weighted by Crippen LogP contribution is -2.25. The van der Waals surface area contributed by atoms with Crippen LogP contribution in [-0.2, 0) is 11.2 Å². The van der Waals surface area contributed by atoms with E-state index in [2.05, 4.69) is 15.5 Å². The van der Waals surface area contributed by atoms with Gasteiger partial charge in [0, 0.05) is 4.90 Å². The van der Waals surface area contributed by atoms with Gasteiger partial charge in [-0.25, -0.2) is 0 Å². The first-order chi connectivity index (χ1) is 13.5. The first kappa shape index (κ1) is 20.3. The van der Waals surface area contributed by atoms with Crippen molar-refractivity contribution in [2.45, 2.75) is 22.3 Å². The van der Waals surface area contributed by atoms with Crippen molar-refractivity contribution in [3.05, 3.63) is 59.7 Å². The summed E-state index contributed by atoms with van der Waals surface area (Å²) in [5, 5.41) is 10.9. The lowest BCUT2D eigenvalue weighted by atomic mass is 10.1. The van der Waals surface area contributed by atoms with Crippen LogP contribution in [0.15, 0.2) is 63.6 Å². The number of rotatable bonds is 7. The molecular weight excluding hydrogens is 404 g/mol. The number of methoxy groups -OCH3 is 1. The van der Waals surface area contributed by atoms with Gasteiger partial charge >= 0.3 is 0 Å². The van der Waals surface area contributed by atoms with E-state index in [0.717, 1.165) is 16.9 Å². The molecule has 1 fully saturated rings. The number of hydrogen-bond acceptors (Lipinski definition) is 6. The summed E-state index contributed by atoms with van der Waals surface area (Å²) in [4.78, 5) is 12.6. The van der Waals surface area contributed by atoms with Crippen molar-refractivity contribution in [2.75, 3.05) is 7.11 Å². The number of halogens is 2. The van der Waals surface area contributed by atoms with Crippen LogP contribution in [0.4, 0.5) is 8.78 Å². The summed E-state index contributed by atoms with van der Waals surface area (Å²) in [6, 6.07) is 14.1. The highest BCUT2D eigenvalue weighted by atomic mass is 32.2. The number of ether oxygens (including phenoxy) is 1. The van der Waals surface area contributed by atoms with Crippen molar-refractivity contribution in [3.63, 3.8) is 0 Å². The normalized spacial score (nSPS) is 18.2. The van der Waals surface area contributed by atoms with E-state index in [1.807, 2.05) is 24.3 Å². The number of amidine groups is 1. The number of alkyl halides is 2. The minimum atomic E-state index is -2.45. The number of carbonyl (C=O) groups excluding carboxylic acids is 1. The maximum absolute atomic E-state index is 12.4. The van der Waals surface area contributed by atoms with Gasteiger partial charge in [0.15, 0.2) is 5.17 Å². The van der Waals surface area contributed by atoms with E-state index < -0.39 is 5.76 Å². The third-order valence-electron chi connectivity index (χ3n) is 3.82. The van der Waals surface area contributed by atoms with Crippen LogP contribution in [0.25, 0.3) is 0 Å². The van der Waals surface area contributed by atoms with Crippen molar-refractivity contribution in [1.29, 1.82) is 0 Å². The third kappa shape index (κ3) is 5.80. The Kier molecular flexibility index (Phi) is 7.05. The van der Waals surface area contributed by atoms with Gasteiger partial charge in [-0.1, -0.05) is 35.7 Å². The molecule has 0 saturated carbocycles. The Morgan fingerprint density at radius 1 is 1.21 bits per heavy atom. The van der Waals surface area contributed by atoms with Crippen molar-refractivity contribution in [2.24, 2.45) is 10.2 Å². The molecule has 146 valence electrons. The standard InChI is InChI=1S/C19H17F2N3O2S2/c1-26-14-6-2-13(3-7-14)11-22-24-19-23-17(25)16(28-19)10-12-4-8-15(9-5-12)27-18(20)21/h2-9,11,16,18H,10H2,1H3,(H,23,24,25)/b22-11-/t16-/m1/s1. The Balaban J connectivity index is 1.56. The number of hydrogen-bond donors (Lipinski definition) is 1. The lowest BCUT2D eigenvalue weighted by Gasteiger charge is -2.06. The van der Waals surface area contributed by atoms with Gasteiger partial charge in [-0.05, 0) is 53.9 Å². The second-order valence-corrected chi connectivity index (χ2v) is 8.00. The summed E-state index contributed by atoms with van der Waals surface area (Å²) in [6.45, 7) is 0. The molecule has 0 unspecified atom stereocenters. The molecule has 0 aromatic heterocycles. The van der Waals surface area contributed by atoms with Crippen LogP contribution in [0.1, 0.15) is 11.1 Å². The molecular formula is C19H17F2N3O2S2. The van der Waals surface area contributed by atoms with Gasteiger partial charge < -0.3 is 10.1 Å². The first-order valence-electron chi connectivity index (χ1n) is 8.30. The van der Waals surface area contributed by atoms with E-state index in [1.165, 1.54) is 11.8 Å². The van der Waals surface area contributed by atoms with Gasteiger partial charge in [0.05, 0.1) is 18.6 Å². The average Bonchev–Trinajstić information content (AvgIpc) is 3.03.